The highest BCUT2D eigenvalue weighted by atomic mass is 16.6. The van der Waals surface area contributed by atoms with E-state index in [1.54, 1.807) is 12.1 Å². The Morgan fingerprint density at radius 3 is 2.56 bits per heavy atom. The zero-order valence-corrected chi connectivity index (χ0v) is 8.93. The van der Waals surface area contributed by atoms with Gasteiger partial charge in [0.2, 0.25) is 0 Å². The van der Waals surface area contributed by atoms with E-state index in [2.05, 4.69) is 6.08 Å². The molecule has 0 amide bonds. The van der Waals surface area contributed by atoms with Crippen molar-refractivity contribution in [1.82, 2.24) is 0 Å². The fourth-order valence-corrected chi connectivity index (χ4v) is 2.01. The predicted molar refractivity (Wildman–Crippen MR) is 62.9 cm³/mol. The second-order valence-corrected chi connectivity index (χ2v) is 4.00. The summed E-state index contributed by atoms with van der Waals surface area (Å²) in [5.74, 6) is 0. The quantitative estimate of drug-likeness (QED) is 0.612. The van der Waals surface area contributed by atoms with E-state index in [0.29, 0.717) is 0 Å². The van der Waals surface area contributed by atoms with Crippen LogP contribution < -0.4 is 5.73 Å². The Balaban J connectivity index is 2.27. The third kappa shape index (κ3) is 2.12. The number of hydrogen-bond acceptors (Lipinski definition) is 3. The number of benzene rings is 1. The average molecular weight is 218 g/mol. The highest BCUT2D eigenvalue weighted by Gasteiger charge is 2.15. The second kappa shape index (κ2) is 4.45. The van der Waals surface area contributed by atoms with Gasteiger partial charge in [-0.2, -0.15) is 0 Å². The molecule has 0 aromatic heterocycles. The number of rotatable bonds is 2. The van der Waals surface area contributed by atoms with Gasteiger partial charge in [0.25, 0.3) is 5.69 Å². The van der Waals surface area contributed by atoms with Crippen molar-refractivity contribution in [2.75, 3.05) is 0 Å². The summed E-state index contributed by atoms with van der Waals surface area (Å²) in [6.45, 7) is 0. The van der Waals surface area contributed by atoms with Crippen LogP contribution in [0.5, 0.6) is 0 Å². The molecule has 0 saturated carbocycles. The highest BCUT2D eigenvalue weighted by molar-refractivity contribution is 5.70. The van der Waals surface area contributed by atoms with Crippen LogP contribution in [0.4, 0.5) is 5.69 Å². The van der Waals surface area contributed by atoms with Gasteiger partial charge in [-0.25, -0.2) is 0 Å². The summed E-state index contributed by atoms with van der Waals surface area (Å²) < 4.78 is 0. The largest absolute Gasteiger partial charge is 0.324 e. The molecule has 0 heterocycles. The van der Waals surface area contributed by atoms with E-state index in [9.17, 15) is 10.1 Å². The molecule has 0 saturated heterocycles. The van der Waals surface area contributed by atoms with Crippen LogP contribution in [0.3, 0.4) is 0 Å². The van der Waals surface area contributed by atoms with Gasteiger partial charge in [-0.05, 0) is 42.5 Å². The van der Waals surface area contributed by atoms with Crippen molar-refractivity contribution >= 4 is 11.3 Å². The van der Waals surface area contributed by atoms with Crippen molar-refractivity contribution in [3.8, 4) is 0 Å². The molecule has 2 N–H and O–H groups in total. The van der Waals surface area contributed by atoms with Crippen LogP contribution >= 0.6 is 0 Å². The molecule has 4 nitrogen and oxygen atoms in total. The van der Waals surface area contributed by atoms with Gasteiger partial charge in [-0.3, -0.25) is 10.1 Å². The minimum absolute atomic E-state index is 0.0650. The minimum atomic E-state index is -0.390. The van der Waals surface area contributed by atoms with E-state index in [1.807, 2.05) is 0 Å². The molecule has 4 heteroatoms. The normalized spacial score (nSPS) is 20.3. The molecule has 0 bridgehead atoms. The maximum absolute atomic E-state index is 10.5. The molecule has 84 valence electrons. The lowest BCUT2D eigenvalue weighted by molar-refractivity contribution is -0.384. The van der Waals surface area contributed by atoms with Gasteiger partial charge in [-0.15, -0.1) is 0 Å². The van der Waals surface area contributed by atoms with Gasteiger partial charge < -0.3 is 5.73 Å². The number of allylic oxidation sites excluding steroid dienone is 1. The zero-order valence-electron chi connectivity index (χ0n) is 8.93. The van der Waals surface area contributed by atoms with Crippen molar-refractivity contribution in [3.05, 3.63) is 46.0 Å². The van der Waals surface area contributed by atoms with Crippen LogP contribution in [-0.4, -0.2) is 11.0 Å². The smallest absolute Gasteiger partial charge is 0.269 e. The Morgan fingerprint density at radius 1 is 1.31 bits per heavy atom. The number of non-ortho nitro benzene ring substituents is 1. The summed E-state index contributed by atoms with van der Waals surface area (Å²) in [6.07, 6.45) is 5.29. The topological polar surface area (TPSA) is 69.2 Å². The molecule has 1 atom stereocenters. The van der Waals surface area contributed by atoms with Crippen LogP contribution in [0.15, 0.2) is 30.3 Å². The van der Waals surface area contributed by atoms with Crippen molar-refractivity contribution in [3.63, 3.8) is 0 Å². The molecule has 1 aromatic carbocycles. The first-order valence-corrected chi connectivity index (χ1v) is 5.39. The Bertz CT molecular complexity index is 423. The second-order valence-electron chi connectivity index (χ2n) is 4.00. The van der Waals surface area contributed by atoms with Crippen molar-refractivity contribution in [2.24, 2.45) is 5.73 Å². The highest BCUT2D eigenvalue weighted by Crippen LogP contribution is 2.27. The molecule has 0 aliphatic heterocycles. The van der Waals surface area contributed by atoms with Gasteiger partial charge in [0.05, 0.1) is 4.92 Å². The van der Waals surface area contributed by atoms with Crippen molar-refractivity contribution in [2.45, 2.75) is 25.3 Å². The summed E-state index contributed by atoms with van der Waals surface area (Å²) in [6, 6.07) is 6.66. The summed E-state index contributed by atoms with van der Waals surface area (Å²) >= 11 is 0. The van der Waals surface area contributed by atoms with Gasteiger partial charge in [-0.1, -0.05) is 6.08 Å². The molecule has 1 aromatic rings. The molecule has 1 aliphatic carbocycles. The molecule has 1 unspecified atom stereocenters. The number of nitrogens with zero attached hydrogens (tertiary/aromatic N) is 1. The molecule has 0 spiro atoms. The maximum Gasteiger partial charge on any atom is 0.269 e. The number of nitrogens with two attached hydrogens (primary N) is 1. The van der Waals surface area contributed by atoms with Gasteiger partial charge in [0.15, 0.2) is 0 Å². The summed E-state index contributed by atoms with van der Waals surface area (Å²) in [4.78, 5) is 10.1. The van der Waals surface area contributed by atoms with E-state index in [0.717, 1.165) is 30.4 Å². The van der Waals surface area contributed by atoms with E-state index in [-0.39, 0.29) is 16.7 Å². The maximum atomic E-state index is 10.5. The van der Waals surface area contributed by atoms with E-state index >= 15 is 0 Å². The standard InChI is InChI=1S/C12H14N2O2/c13-12-4-2-1-3-11(12)9-5-7-10(8-6-9)14(15)16/h3,5-8,12H,1-2,4,13H2. The first kappa shape index (κ1) is 10.8. The van der Waals surface area contributed by atoms with Crippen LogP contribution in [0, 0.1) is 10.1 Å². The third-order valence-corrected chi connectivity index (χ3v) is 2.89. The van der Waals surface area contributed by atoms with Crippen LogP contribution in [-0.2, 0) is 0 Å². The third-order valence-electron chi connectivity index (χ3n) is 2.89. The average Bonchev–Trinajstić information content (AvgIpc) is 2.30. The number of hydrogen-bond donors (Lipinski definition) is 1. The number of nitro groups is 1. The molecule has 0 fully saturated rings. The van der Waals surface area contributed by atoms with Gasteiger partial charge in [0, 0.05) is 18.2 Å². The Labute approximate surface area is 93.9 Å². The number of nitro benzene ring substituents is 1. The fraction of sp³-hybridized carbons (Fsp3) is 0.333. The lowest BCUT2D eigenvalue weighted by atomic mass is 9.90. The Morgan fingerprint density at radius 2 is 2.00 bits per heavy atom. The Hall–Kier alpha value is -1.68. The predicted octanol–water partition coefficient (Wildman–Crippen LogP) is 2.49. The first-order chi connectivity index (χ1) is 7.68. The summed E-state index contributed by atoms with van der Waals surface area (Å²) in [7, 11) is 0. The van der Waals surface area contributed by atoms with Gasteiger partial charge >= 0.3 is 0 Å². The van der Waals surface area contributed by atoms with E-state index in [4.69, 9.17) is 5.73 Å². The van der Waals surface area contributed by atoms with Crippen LogP contribution in [0.25, 0.3) is 5.57 Å². The molecular weight excluding hydrogens is 204 g/mol. The van der Waals surface area contributed by atoms with Crippen molar-refractivity contribution < 1.29 is 4.92 Å². The lowest BCUT2D eigenvalue weighted by Gasteiger charge is -2.20. The SMILES string of the molecule is NC1CCCC=C1c1ccc([N+](=O)[O-])cc1. The van der Waals surface area contributed by atoms with E-state index in [1.165, 1.54) is 12.1 Å². The van der Waals surface area contributed by atoms with E-state index < -0.39 is 0 Å². The summed E-state index contributed by atoms with van der Waals surface area (Å²) in [5, 5.41) is 10.5. The fourth-order valence-electron chi connectivity index (χ4n) is 2.01. The van der Waals surface area contributed by atoms with Gasteiger partial charge in [0.1, 0.15) is 0 Å². The molecular formula is C12H14N2O2. The Kier molecular flexibility index (Phi) is 3.01. The first-order valence-electron chi connectivity index (χ1n) is 5.39. The molecule has 0 radical (unpaired) electrons. The molecule has 1 aliphatic rings. The molecule has 16 heavy (non-hydrogen) atoms. The van der Waals surface area contributed by atoms with Crippen LogP contribution in [0.2, 0.25) is 0 Å². The lowest BCUT2D eigenvalue weighted by Crippen LogP contribution is -2.23. The molecule has 2 rings (SSSR count). The van der Waals surface area contributed by atoms with Crippen molar-refractivity contribution in [1.29, 1.82) is 0 Å². The zero-order chi connectivity index (χ0) is 11.5. The minimum Gasteiger partial charge on any atom is -0.324 e. The monoisotopic (exact) mass is 218 g/mol. The summed E-state index contributed by atoms with van der Waals surface area (Å²) in [5.41, 5.74) is 8.24. The van der Waals surface area contributed by atoms with Crippen LogP contribution in [0.1, 0.15) is 24.8 Å².